The minimum Gasteiger partial charge on any atom is -0.458 e. The first-order chi connectivity index (χ1) is 29.3. The monoisotopic (exact) mass is 890 g/mol. The number of benzene rings is 1. The van der Waals surface area contributed by atoms with Crippen LogP contribution in [0.3, 0.4) is 0 Å². The molecule has 7 amide bonds. The van der Waals surface area contributed by atoms with Crippen molar-refractivity contribution in [3.63, 3.8) is 0 Å². The molecule has 2 aromatic rings. The number of carbonyl (C=O) groups excluding carboxylic acids is 7. The molecule has 0 bridgehead atoms. The van der Waals surface area contributed by atoms with Gasteiger partial charge in [0.15, 0.2) is 0 Å². The number of halogens is 2. The number of carbonyl (C=O) groups is 7. The molecule has 4 fully saturated rings. The van der Waals surface area contributed by atoms with Crippen molar-refractivity contribution < 1.29 is 66.0 Å². The van der Waals surface area contributed by atoms with E-state index >= 15 is 0 Å². The van der Waals surface area contributed by atoms with E-state index in [-0.39, 0.29) is 43.1 Å². The number of anilines is 1. The van der Waals surface area contributed by atoms with E-state index in [1.807, 2.05) is 0 Å². The molecule has 5 heterocycles. The summed E-state index contributed by atoms with van der Waals surface area (Å²) >= 11 is 0. The Morgan fingerprint density at radius 3 is 2.34 bits per heavy atom. The van der Waals surface area contributed by atoms with Crippen molar-refractivity contribution in [3.05, 3.63) is 59.9 Å². The lowest BCUT2D eigenvalue weighted by Crippen LogP contribution is -2.63. The highest BCUT2D eigenvalue weighted by Crippen LogP contribution is 2.41. The van der Waals surface area contributed by atoms with Crippen molar-refractivity contribution in [1.82, 2.24) is 35.6 Å². The Labute approximate surface area is 354 Å². The highest BCUT2D eigenvalue weighted by molar-refractivity contribution is 7.46. The number of esters is 1. The number of amides is 7. The lowest BCUT2D eigenvalue weighted by atomic mass is 9.98. The number of phosphoric acid groups is 1. The van der Waals surface area contributed by atoms with E-state index < -0.39 is 129 Å². The molecule has 0 saturated carbocycles. The van der Waals surface area contributed by atoms with E-state index in [0.717, 1.165) is 17.0 Å². The number of hydrogen-bond acceptors (Lipinski definition) is 11. The van der Waals surface area contributed by atoms with Crippen LogP contribution in [0.25, 0.3) is 0 Å². The molecule has 20 nitrogen and oxygen atoms in total. The molecular weight excluding hydrogens is 841 g/mol. The fourth-order valence-electron chi connectivity index (χ4n) is 8.42. The van der Waals surface area contributed by atoms with Gasteiger partial charge in [0.2, 0.25) is 29.5 Å². The minimum absolute atomic E-state index is 0.0524. The average molecular weight is 891 g/mol. The molecule has 6 rings (SSSR count). The molecule has 0 unspecified atom stereocenters. The van der Waals surface area contributed by atoms with E-state index in [2.05, 4.69) is 26.3 Å². The first-order valence-electron chi connectivity index (χ1n) is 20.2. The molecule has 62 heavy (non-hydrogen) atoms. The minimum atomic E-state index is -5.21. The van der Waals surface area contributed by atoms with Gasteiger partial charge >= 0.3 is 19.8 Å². The van der Waals surface area contributed by atoms with Gasteiger partial charge in [-0.05, 0) is 75.3 Å². The zero-order valence-corrected chi connectivity index (χ0v) is 35.0. The Hall–Kier alpha value is -5.57. The van der Waals surface area contributed by atoms with Crippen molar-refractivity contribution in [3.8, 4) is 0 Å². The Bertz CT molecular complexity index is 2100. The summed E-state index contributed by atoms with van der Waals surface area (Å²) in [5, 5.41) is 10.1. The zero-order valence-electron chi connectivity index (χ0n) is 34.1. The number of ether oxygens (including phenoxy) is 1. The lowest BCUT2D eigenvalue weighted by molar-refractivity contribution is -0.163. The third-order valence-corrected chi connectivity index (χ3v) is 11.8. The Morgan fingerprint density at radius 1 is 0.952 bits per heavy atom. The van der Waals surface area contributed by atoms with Gasteiger partial charge in [-0.1, -0.05) is 6.92 Å². The molecule has 23 heteroatoms. The highest BCUT2D eigenvalue weighted by Gasteiger charge is 2.50. The standard InChI is InChI=1S/C39H49F2N8O12P/c1-20-11-31-38(55)60-22(3)32(46-33(50)28(14-23-12-24(40)15-25(41)13-23)45-39(56)44-26-7-6-9-42-17-26)37(54)49-19-27(61-62(57,58)59)16-30(49)36(53)47-10-5-4-8-29(47)34(51)43-21(2)35(52)48(31)18-20/h6-7,9,12-13,15,17,20-22,27-32H,4-5,8,10-11,14,16,18-19H2,1-3H3,(H,43,51)(H,46,50)(H2,44,45,56)(H2,57,58,59)/t20-,21+,22+,27-,28+,29+,30+,31+,32+/m1/s1. The van der Waals surface area contributed by atoms with E-state index in [4.69, 9.17) is 9.26 Å². The van der Waals surface area contributed by atoms with Gasteiger partial charge in [0.25, 0.3) is 0 Å². The van der Waals surface area contributed by atoms with Crippen molar-refractivity contribution in [2.24, 2.45) is 5.92 Å². The summed E-state index contributed by atoms with van der Waals surface area (Å²) in [4.78, 5) is 125. The quantitative estimate of drug-likeness (QED) is 0.158. The van der Waals surface area contributed by atoms with E-state index in [9.17, 15) is 56.7 Å². The summed E-state index contributed by atoms with van der Waals surface area (Å²) in [7, 11) is -5.21. The van der Waals surface area contributed by atoms with Gasteiger partial charge in [-0.2, -0.15) is 0 Å². The van der Waals surface area contributed by atoms with Crippen molar-refractivity contribution in [2.45, 2.75) is 108 Å². The number of aromatic nitrogens is 1. The van der Waals surface area contributed by atoms with Crippen LogP contribution >= 0.6 is 7.82 Å². The fourth-order valence-corrected chi connectivity index (χ4v) is 8.96. The molecule has 0 spiro atoms. The van der Waals surface area contributed by atoms with Gasteiger partial charge < -0.3 is 50.5 Å². The molecule has 4 saturated heterocycles. The van der Waals surface area contributed by atoms with Crippen LogP contribution in [0, 0.1) is 17.6 Å². The molecule has 1 aromatic carbocycles. The number of fused-ring (bicyclic) bond motifs is 3. The zero-order chi connectivity index (χ0) is 45.0. The maximum absolute atomic E-state index is 14.9. The Balaban J connectivity index is 1.39. The first kappa shape index (κ1) is 45.9. The van der Waals surface area contributed by atoms with Crippen LogP contribution < -0.4 is 21.3 Å². The third kappa shape index (κ3) is 11.1. The molecular formula is C39H49F2N8O12P. The van der Waals surface area contributed by atoms with Crippen LogP contribution in [0.1, 0.15) is 58.4 Å². The van der Waals surface area contributed by atoms with Gasteiger partial charge in [0.1, 0.15) is 54.0 Å². The van der Waals surface area contributed by atoms with Crippen LogP contribution in [0.2, 0.25) is 0 Å². The van der Waals surface area contributed by atoms with Crippen LogP contribution in [0.5, 0.6) is 0 Å². The predicted octanol–water partition coefficient (Wildman–Crippen LogP) is 0.724. The maximum Gasteiger partial charge on any atom is 0.469 e. The lowest BCUT2D eigenvalue weighted by Gasteiger charge is -2.39. The largest absolute Gasteiger partial charge is 0.469 e. The first-order valence-corrected chi connectivity index (χ1v) is 21.7. The van der Waals surface area contributed by atoms with Gasteiger partial charge in [-0.3, -0.25) is 33.5 Å². The molecule has 0 radical (unpaired) electrons. The SMILES string of the molecule is C[C@@H]1C[C@H]2C(=O)O[C@@H](C)[C@H](NC(=O)[C@H](Cc3cc(F)cc(F)c3)NC(=O)Nc3cccnc3)C(=O)N3C[C@H](OP(=O)(O)O)C[C@H]3C(=O)N3CCCC[C@H]3C(=O)N[C@@H](C)C(=O)N2C1. The predicted molar refractivity (Wildman–Crippen MR) is 211 cm³/mol. The summed E-state index contributed by atoms with van der Waals surface area (Å²) in [6.45, 7) is 4.07. The summed E-state index contributed by atoms with van der Waals surface area (Å²) in [6.07, 6.45) is 0.0659. The van der Waals surface area contributed by atoms with Gasteiger partial charge in [0, 0.05) is 44.7 Å². The van der Waals surface area contributed by atoms with Crippen LogP contribution in [0.4, 0.5) is 19.3 Å². The second kappa shape index (κ2) is 19.2. The third-order valence-electron chi connectivity index (χ3n) is 11.2. The van der Waals surface area contributed by atoms with E-state index in [1.54, 1.807) is 6.92 Å². The normalized spacial score (nSPS) is 28.0. The second-order valence-corrected chi connectivity index (χ2v) is 17.3. The number of urea groups is 1. The summed E-state index contributed by atoms with van der Waals surface area (Å²) in [5.74, 6) is -7.41. The average Bonchev–Trinajstić information content (AvgIpc) is 3.81. The Kier molecular flexibility index (Phi) is 14.2. The summed E-state index contributed by atoms with van der Waals surface area (Å²) in [6, 6.07) is -4.02. The number of nitrogens with one attached hydrogen (secondary N) is 4. The molecule has 0 aliphatic carbocycles. The smallest absolute Gasteiger partial charge is 0.458 e. The highest BCUT2D eigenvalue weighted by atomic mass is 31.2. The summed E-state index contributed by atoms with van der Waals surface area (Å²) < 4.78 is 51.5. The number of nitrogens with zero attached hydrogens (tertiary/aromatic N) is 4. The van der Waals surface area contributed by atoms with E-state index in [1.165, 1.54) is 48.2 Å². The number of pyridine rings is 1. The number of rotatable bonds is 8. The van der Waals surface area contributed by atoms with Crippen LogP contribution in [-0.2, 0) is 49.0 Å². The van der Waals surface area contributed by atoms with Crippen molar-refractivity contribution >= 4 is 55.0 Å². The van der Waals surface area contributed by atoms with Crippen LogP contribution in [-0.4, -0.2) is 139 Å². The molecule has 1 aromatic heterocycles. The molecule has 9 atom stereocenters. The van der Waals surface area contributed by atoms with Gasteiger partial charge in [0.05, 0.1) is 18.0 Å². The van der Waals surface area contributed by atoms with Crippen molar-refractivity contribution in [2.75, 3.05) is 25.0 Å². The molecule has 6 N–H and O–H groups in total. The molecule has 4 aliphatic rings. The van der Waals surface area contributed by atoms with Gasteiger partial charge in [-0.15, -0.1) is 0 Å². The number of piperidine rings is 1. The van der Waals surface area contributed by atoms with Crippen LogP contribution in [0.15, 0.2) is 42.7 Å². The second-order valence-electron chi connectivity index (χ2n) is 16.1. The molecule has 336 valence electrons. The van der Waals surface area contributed by atoms with E-state index in [0.29, 0.717) is 18.9 Å². The topological polar surface area (TPSA) is 266 Å². The number of cyclic esters (lactones) is 1. The molecule has 4 aliphatic heterocycles. The fraction of sp³-hybridized carbons (Fsp3) is 0.538. The van der Waals surface area contributed by atoms with Crippen molar-refractivity contribution in [1.29, 1.82) is 0 Å². The Morgan fingerprint density at radius 2 is 1.66 bits per heavy atom. The summed E-state index contributed by atoms with van der Waals surface area (Å²) in [5.41, 5.74) is 0.132. The maximum atomic E-state index is 14.9. The van der Waals surface area contributed by atoms with Gasteiger partial charge in [-0.25, -0.2) is 22.9 Å². The number of phosphoric ester groups is 1. The number of hydrogen-bond donors (Lipinski definition) is 6.